The lowest BCUT2D eigenvalue weighted by atomic mass is 9.44. The van der Waals surface area contributed by atoms with Crippen molar-refractivity contribution in [3.05, 3.63) is 35.4 Å². The van der Waals surface area contributed by atoms with Gasteiger partial charge in [-0.25, -0.2) is 4.79 Å². The van der Waals surface area contributed by atoms with Crippen molar-refractivity contribution in [2.45, 2.75) is 75.9 Å². The van der Waals surface area contributed by atoms with Gasteiger partial charge in [0.1, 0.15) is 5.60 Å². The van der Waals surface area contributed by atoms with E-state index in [0.29, 0.717) is 5.56 Å². The molecule has 0 saturated heterocycles. The minimum absolute atomic E-state index is 0.108. The number of alkyl carbamates (subject to hydrolysis) is 1. The third-order valence-electron chi connectivity index (χ3n) is 5.03. The van der Waals surface area contributed by atoms with Gasteiger partial charge in [-0.2, -0.15) is 13.2 Å². The standard InChI is InChI=1S/C19H25F3N2O2/c1-12(13-6-5-7-14(8-13)19(20,21)22)23-17-9-18(10-17,11-17)24-15(25)26-16(2,3)4/h5-8,12,23H,9-11H2,1-4H3,(H,24,25). The number of halogens is 3. The highest BCUT2D eigenvalue weighted by Gasteiger charge is 2.69. The van der Waals surface area contributed by atoms with Gasteiger partial charge in [0.05, 0.1) is 5.56 Å². The molecular weight excluding hydrogens is 345 g/mol. The van der Waals surface area contributed by atoms with E-state index in [1.54, 1.807) is 6.07 Å². The highest BCUT2D eigenvalue weighted by Crippen LogP contribution is 2.61. The lowest BCUT2D eigenvalue weighted by Crippen LogP contribution is -2.83. The van der Waals surface area contributed by atoms with Gasteiger partial charge in [-0.05, 0) is 64.7 Å². The fraction of sp³-hybridized carbons (Fsp3) is 0.632. The van der Waals surface area contributed by atoms with E-state index in [-0.39, 0.29) is 17.1 Å². The van der Waals surface area contributed by atoms with Crippen molar-refractivity contribution in [3.8, 4) is 0 Å². The van der Waals surface area contributed by atoms with Crippen molar-refractivity contribution in [1.82, 2.24) is 10.6 Å². The van der Waals surface area contributed by atoms with E-state index in [0.717, 1.165) is 25.3 Å². The first kappa shape index (κ1) is 19.0. The minimum Gasteiger partial charge on any atom is -0.444 e. The maximum atomic E-state index is 12.9. The summed E-state index contributed by atoms with van der Waals surface area (Å²) in [5.74, 6) is 0. The van der Waals surface area contributed by atoms with Crippen LogP contribution in [-0.2, 0) is 10.9 Å². The van der Waals surface area contributed by atoms with E-state index in [2.05, 4.69) is 10.6 Å². The summed E-state index contributed by atoms with van der Waals surface area (Å²) < 4.78 is 43.9. The van der Waals surface area contributed by atoms with E-state index in [1.807, 2.05) is 27.7 Å². The van der Waals surface area contributed by atoms with E-state index in [4.69, 9.17) is 4.74 Å². The molecule has 3 fully saturated rings. The molecule has 1 atom stereocenters. The van der Waals surface area contributed by atoms with E-state index in [1.165, 1.54) is 12.1 Å². The monoisotopic (exact) mass is 370 g/mol. The van der Waals surface area contributed by atoms with Gasteiger partial charge in [0.2, 0.25) is 0 Å². The molecule has 1 amide bonds. The molecule has 4 rings (SSSR count). The number of ether oxygens (including phenoxy) is 1. The Kier molecular flexibility index (Phi) is 4.30. The molecule has 26 heavy (non-hydrogen) atoms. The van der Waals surface area contributed by atoms with Crippen LogP contribution in [0.2, 0.25) is 0 Å². The van der Waals surface area contributed by atoms with Gasteiger partial charge in [-0.1, -0.05) is 12.1 Å². The Morgan fingerprint density at radius 3 is 2.31 bits per heavy atom. The summed E-state index contributed by atoms with van der Waals surface area (Å²) >= 11 is 0. The van der Waals surface area contributed by atoms with E-state index in [9.17, 15) is 18.0 Å². The van der Waals surface area contributed by atoms with Crippen molar-refractivity contribution in [1.29, 1.82) is 0 Å². The Balaban J connectivity index is 1.54. The minimum atomic E-state index is -4.34. The lowest BCUT2D eigenvalue weighted by Gasteiger charge is -2.71. The molecule has 1 aromatic rings. The van der Waals surface area contributed by atoms with E-state index >= 15 is 0 Å². The molecule has 0 aliphatic heterocycles. The van der Waals surface area contributed by atoms with Crippen LogP contribution < -0.4 is 10.6 Å². The Morgan fingerprint density at radius 1 is 1.15 bits per heavy atom. The van der Waals surface area contributed by atoms with Gasteiger partial charge in [-0.15, -0.1) is 0 Å². The summed E-state index contributed by atoms with van der Waals surface area (Å²) in [6, 6.07) is 5.21. The maximum Gasteiger partial charge on any atom is 0.416 e. The number of carbonyl (C=O) groups excluding carboxylic acids is 1. The number of amides is 1. The normalized spacial score (nSPS) is 28.6. The second-order valence-corrected chi connectivity index (χ2v) is 8.71. The van der Waals surface area contributed by atoms with Crippen LogP contribution in [-0.4, -0.2) is 22.8 Å². The first-order valence-electron chi connectivity index (χ1n) is 8.78. The molecule has 0 radical (unpaired) electrons. The average Bonchev–Trinajstić information content (AvgIpc) is 2.40. The molecule has 3 aliphatic carbocycles. The molecule has 7 heteroatoms. The average molecular weight is 370 g/mol. The van der Waals surface area contributed by atoms with Crippen LogP contribution in [0.5, 0.6) is 0 Å². The van der Waals surface area contributed by atoms with Crippen LogP contribution in [0.3, 0.4) is 0 Å². The summed E-state index contributed by atoms with van der Waals surface area (Å²) in [6.45, 7) is 7.31. The number of hydrogen-bond acceptors (Lipinski definition) is 3. The molecule has 144 valence electrons. The Bertz CT molecular complexity index is 690. The summed E-state index contributed by atoms with van der Waals surface area (Å²) in [6.07, 6.45) is -2.46. The Labute approximate surface area is 151 Å². The summed E-state index contributed by atoms with van der Waals surface area (Å²) in [4.78, 5) is 11.9. The van der Waals surface area contributed by atoms with Crippen molar-refractivity contribution in [2.75, 3.05) is 0 Å². The van der Waals surface area contributed by atoms with Crippen molar-refractivity contribution in [3.63, 3.8) is 0 Å². The van der Waals surface area contributed by atoms with Gasteiger partial charge in [0.15, 0.2) is 0 Å². The predicted molar refractivity (Wildman–Crippen MR) is 91.7 cm³/mol. The molecule has 0 heterocycles. The first-order valence-corrected chi connectivity index (χ1v) is 8.78. The molecule has 0 spiro atoms. The molecule has 2 N–H and O–H groups in total. The highest BCUT2D eigenvalue weighted by molar-refractivity contribution is 5.70. The molecule has 1 aromatic carbocycles. The molecule has 4 nitrogen and oxygen atoms in total. The predicted octanol–water partition coefficient (Wildman–Crippen LogP) is 4.56. The van der Waals surface area contributed by atoms with Gasteiger partial charge in [0.25, 0.3) is 0 Å². The molecular formula is C19H25F3N2O2. The zero-order valence-corrected chi connectivity index (χ0v) is 15.5. The fourth-order valence-electron chi connectivity index (χ4n) is 4.12. The number of rotatable bonds is 4. The third-order valence-corrected chi connectivity index (χ3v) is 5.03. The van der Waals surface area contributed by atoms with Crippen LogP contribution in [0.4, 0.5) is 18.0 Å². The molecule has 0 aromatic heterocycles. The smallest absolute Gasteiger partial charge is 0.416 e. The van der Waals surface area contributed by atoms with Crippen LogP contribution >= 0.6 is 0 Å². The summed E-state index contributed by atoms with van der Waals surface area (Å²) in [5.41, 5.74) is -0.907. The summed E-state index contributed by atoms with van der Waals surface area (Å²) in [5, 5.41) is 6.37. The molecule has 1 unspecified atom stereocenters. The Morgan fingerprint density at radius 2 is 1.77 bits per heavy atom. The molecule has 3 saturated carbocycles. The van der Waals surface area contributed by atoms with Gasteiger partial charge in [0, 0.05) is 17.1 Å². The Hall–Kier alpha value is -1.76. The summed E-state index contributed by atoms with van der Waals surface area (Å²) in [7, 11) is 0. The van der Waals surface area contributed by atoms with Crippen LogP contribution in [0, 0.1) is 0 Å². The fourth-order valence-corrected chi connectivity index (χ4v) is 4.12. The zero-order valence-electron chi connectivity index (χ0n) is 15.5. The topological polar surface area (TPSA) is 50.4 Å². The number of alkyl halides is 3. The number of nitrogens with one attached hydrogen (secondary N) is 2. The highest BCUT2D eigenvalue weighted by atomic mass is 19.4. The van der Waals surface area contributed by atoms with Crippen LogP contribution in [0.15, 0.2) is 24.3 Å². The van der Waals surface area contributed by atoms with Crippen LogP contribution in [0.25, 0.3) is 0 Å². The first-order chi connectivity index (χ1) is 11.8. The maximum absolute atomic E-state index is 12.9. The van der Waals surface area contributed by atoms with Crippen molar-refractivity contribution >= 4 is 6.09 Å². The van der Waals surface area contributed by atoms with E-state index < -0.39 is 23.4 Å². The second-order valence-electron chi connectivity index (χ2n) is 8.71. The third kappa shape index (κ3) is 3.82. The van der Waals surface area contributed by atoms with Gasteiger partial charge >= 0.3 is 12.3 Å². The number of hydrogen-bond donors (Lipinski definition) is 2. The number of carbonyl (C=O) groups is 1. The van der Waals surface area contributed by atoms with Gasteiger partial charge in [-0.3, -0.25) is 0 Å². The molecule has 2 bridgehead atoms. The quantitative estimate of drug-likeness (QED) is 0.817. The largest absolute Gasteiger partial charge is 0.444 e. The van der Waals surface area contributed by atoms with Gasteiger partial charge < -0.3 is 15.4 Å². The SMILES string of the molecule is CC(NC12CC(NC(=O)OC(C)(C)C)(C1)C2)c1cccc(C(F)(F)F)c1. The van der Waals surface area contributed by atoms with Crippen LogP contribution in [0.1, 0.15) is 64.1 Å². The lowest BCUT2D eigenvalue weighted by molar-refractivity contribution is -0.137. The second kappa shape index (κ2) is 5.87. The molecule has 3 aliphatic rings. The zero-order chi connectivity index (χ0) is 19.4. The van der Waals surface area contributed by atoms with Crippen molar-refractivity contribution in [2.24, 2.45) is 0 Å². The van der Waals surface area contributed by atoms with Crippen molar-refractivity contribution < 1.29 is 22.7 Å². The number of benzene rings is 1.